The second-order valence-electron chi connectivity index (χ2n) is 2.43. The summed E-state index contributed by atoms with van der Waals surface area (Å²) < 4.78 is 15.2. The van der Waals surface area contributed by atoms with Gasteiger partial charge in [-0.1, -0.05) is 0 Å². The molecule has 0 aliphatic heterocycles. The number of hydrogen-bond donors (Lipinski definition) is 0. The van der Waals surface area contributed by atoms with E-state index in [4.69, 9.17) is 13.3 Å². The van der Waals surface area contributed by atoms with Crippen LogP contribution in [0.4, 0.5) is 0 Å². The Morgan fingerprint density at radius 2 is 1.73 bits per heavy atom. The summed E-state index contributed by atoms with van der Waals surface area (Å²) in [6, 6.07) is 0. The Balaban J connectivity index is 3.21. The van der Waals surface area contributed by atoms with Crippen LogP contribution in [0.5, 0.6) is 0 Å². The summed E-state index contributed by atoms with van der Waals surface area (Å²) in [5.74, 6) is 0. The van der Waals surface area contributed by atoms with Crippen LogP contribution in [0, 0.1) is 0 Å². The van der Waals surface area contributed by atoms with Gasteiger partial charge in [0.2, 0.25) is 0 Å². The third kappa shape index (κ3) is 6.45. The van der Waals surface area contributed by atoms with Crippen molar-refractivity contribution in [2.75, 3.05) is 41.5 Å². The predicted octanol–water partition coefficient (Wildman–Crippen LogP) is -0.425. The van der Waals surface area contributed by atoms with Gasteiger partial charge in [-0.15, -0.1) is 0 Å². The highest BCUT2D eigenvalue weighted by Crippen LogP contribution is 1.87. The topological polar surface area (TPSA) is 30.9 Å². The second-order valence-corrected chi connectivity index (χ2v) is 4.29. The van der Waals surface area contributed by atoms with Crippen molar-refractivity contribution in [3.63, 3.8) is 0 Å². The van der Waals surface area contributed by atoms with Crippen molar-refractivity contribution in [3.05, 3.63) is 0 Å². The van der Waals surface area contributed by atoms with Crippen LogP contribution < -0.4 is 0 Å². The summed E-state index contributed by atoms with van der Waals surface area (Å²) in [6.07, 6.45) is 0. The second kappa shape index (κ2) is 6.75. The first kappa shape index (κ1) is 11.1. The van der Waals surface area contributed by atoms with E-state index in [0.29, 0.717) is 6.61 Å². The van der Waals surface area contributed by atoms with Crippen LogP contribution in [0.25, 0.3) is 0 Å². The highest BCUT2D eigenvalue weighted by atomic mass is 28.3. The average Bonchev–Trinajstić information content (AvgIpc) is 1.98. The molecule has 0 rings (SSSR count). The molecule has 0 saturated carbocycles. The van der Waals surface area contributed by atoms with E-state index in [1.807, 2.05) is 14.1 Å². The van der Waals surface area contributed by atoms with Crippen LogP contribution in [0.2, 0.25) is 0 Å². The highest BCUT2D eigenvalue weighted by Gasteiger charge is 2.09. The molecule has 0 saturated heterocycles. The van der Waals surface area contributed by atoms with Crippen molar-refractivity contribution in [2.24, 2.45) is 0 Å². The lowest BCUT2D eigenvalue weighted by atomic mass is 10.6. The molecule has 0 bridgehead atoms. The van der Waals surface area contributed by atoms with Gasteiger partial charge >= 0.3 is 9.53 Å². The fraction of sp³-hybridized carbons (Fsp3) is 1.00. The van der Waals surface area contributed by atoms with Crippen LogP contribution in [0.15, 0.2) is 0 Å². The molecule has 5 heteroatoms. The van der Waals surface area contributed by atoms with Gasteiger partial charge in [0.05, 0.1) is 6.61 Å². The van der Waals surface area contributed by atoms with E-state index < -0.39 is 9.53 Å². The number of hydrogen-bond acceptors (Lipinski definition) is 4. The zero-order valence-electron chi connectivity index (χ0n) is 7.66. The molecule has 0 aromatic heterocycles. The molecule has 0 heterocycles. The molecule has 11 heavy (non-hydrogen) atoms. The van der Waals surface area contributed by atoms with Gasteiger partial charge < -0.3 is 18.2 Å². The molecular formula is C6H17NO3Si. The third-order valence-corrected chi connectivity index (χ3v) is 2.46. The summed E-state index contributed by atoms with van der Waals surface area (Å²) >= 11 is 0. The van der Waals surface area contributed by atoms with E-state index in [0.717, 1.165) is 6.54 Å². The smallest absolute Gasteiger partial charge is 0.379 e. The van der Waals surface area contributed by atoms with Crippen LogP contribution in [0.1, 0.15) is 0 Å². The number of nitrogens with zero attached hydrogens (tertiary/aromatic N) is 1. The van der Waals surface area contributed by atoms with Gasteiger partial charge in [-0.05, 0) is 14.1 Å². The zero-order valence-corrected chi connectivity index (χ0v) is 8.82. The maximum atomic E-state index is 5.30. The fourth-order valence-corrected chi connectivity index (χ4v) is 1.33. The molecule has 0 aliphatic rings. The number of rotatable bonds is 6. The van der Waals surface area contributed by atoms with E-state index in [-0.39, 0.29) is 0 Å². The average molecular weight is 179 g/mol. The maximum absolute atomic E-state index is 5.30. The van der Waals surface area contributed by atoms with Crippen molar-refractivity contribution in [1.29, 1.82) is 0 Å². The minimum Gasteiger partial charge on any atom is -0.379 e. The summed E-state index contributed by atoms with van der Waals surface area (Å²) in [6.45, 7) is 1.57. The van der Waals surface area contributed by atoms with Crippen LogP contribution in [0.3, 0.4) is 0 Å². The fourth-order valence-electron chi connectivity index (χ4n) is 0.564. The molecule has 0 spiro atoms. The number of likely N-dealkylation sites (N-methyl/N-ethyl adjacent to an activating group) is 1. The molecule has 0 aliphatic carbocycles. The zero-order chi connectivity index (χ0) is 8.69. The molecule has 0 radical (unpaired) electrons. The Hall–Kier alpha value is 0.0569. The molecule has 68 valence electrons. The molecule has 0 fully saturated rings. The molecule has 0 aromatic carbocycles. The van der Waals surface area contributed by atoms with Crippen LogP contribution in [-0.2, 0) is 13.3 Å². The highest BCUT2D eigenvalue weighted by molar-refractivity contribution is 6.36. The monoisotopic (exact) mass is 179 g/mol. The normalized spacial score (nSPS) is 11.5. The van der Waals surface area contributed by atoms with Crippen LogP contribution in [-0.4, -0.2) is 55.9 Å². The Labute approximate surface area is 70.0 Å². The summed E-state index contributed by atoms with van der Waals surface area (Å²) in [5, 5.41) is 0. The van der Waals surface area contributed by atoms with E-state index >= 15 is 0 Å². The molecular weight excluding hydrogens is 162 g/mol. The van der Waals surface area contributed by atoms with Gasteiger partial charge in [0.1, 0.15) is 0 Å². The molecule has 0 amide bonds. The van der Waals surface area contributed by atoms with Crippen molar-refractivity contribution in [1.82, 2.24) is 4.90 Å². The van der Waals surface area contributed by atoms with Crippen molar-refractivity contribution in [2.45, 2.75) is 0 Å². The lowest BCUT2D eigenvalue weighted by molar-refractivity contribution is 0.126. The minimum atomic E-state index is -1.78. The minimum absolute atomic E-state index is 0.672. The van der Waals surface area contributed by atoms with Crippen LogP contribution >= 0.6 is 0 Å². The van der Waals surface area contributed by atoms with Gasteiger partial charge in [0, 0.05) is 20.8 Å². The Kier molecular flexibility index (Phi) is 6.78. The van der Waals surface area contributed by atoms with E-state index in [1.54, 1.807) is 14.2 Å². The SMILES string of the molecule is CO[SiH](OC)OCCN(C)C. The Morgan fingerprint density at radius 3 is 2.09 bits per heavy atom. The maximum Gasteiger partial charge on any atom is 0.483 e. The molecule has 4 nitrogen and oxygen atoms in total. The Bertz CT molecular complexity index is 87.9. The first-order valence-corrected chi connectivity index (χ1v) is 4.94. The van der Waals surface area contributed by atoms with Gasteiger partial charge in [0.15, 0.2) is 0 Å². The van der Waals surface area contributed by atoms with Crippen molar-refractivity contribution in [3.8, 4) is 0 Å². The van der Waals surface area contributed by atoms with Gasteiger partial charge in [0.25, 0.3) is 0 Å². The van der Waals surface area contributed by atoms with Gasteiger partial charge in [-0.3, -0.25) is 0 Å². The molecule has 0 atom stereocenters. The quantitative estimate of drug-likeness (QED) is 0.518. The summed E-state index contributed by atoms with van der Waals surface area (Å²) in [5.41, 5.74) is 0. The van der Waals surface area contributed by atoms with E-state index in [1.165, 1.54) is 0 Å². The Morgan fingerprint density at radius 1 is 1.18 bits per heavy atom. The summed E-state index contributed by atoms with van der Waals surface area (Å²) in [4.78, 5) is 2.05. The molecule has 0 N–H and O–H groups in total. The molecule has 0 aromatic rings. The van der Waals surface area contributed by atoms with Crippen molar-refractivity contribution >= 4 is 9.53 Å². The lowest BCUT2D eigenvalue weighted by Crippen LogP contribution is -2.28. The predicted molar refractivity (Wildman–Crippen MR) is 45.7 cm³/mol. The van der Waals surface area contributed by atoms with Gasteiger partial charge in [-0.25, -0.2) is 0 Å². The lowest BCUT2D eigenvalue weighted by Gasteiger charge is -2.13. The summed E-state index contributed by atoms with van der Waals surface area (Å²) in [7, 11) is 5.44. The first-order chi connectivity index (χ1) is 5.20. The first-order valence-electron chi connectivity index (χ1n) is 3.52. The van der Waals surface area contributed by atoms with Gasteiger partial charge in [-0.2, -0.15) is 0 Å². The van der Waals surface area contributed by atoms with E-state index in [2.05, 4.69) is 4.90 Å². The van der Waals surface area contributed by atoms with E-state index in [9.17, 15) is 0 Å². The standard InChI is InChI=1S/C6H17NO3Si/c1-7(2)5-6-10-11(8-3)9-4/h11H,5-6H2,1-4H3. The molecule has 0 unspecified atom stereocenters. The third-order valence-electron chi connectivity index (χ3n) is 1.18. The largest absolute Gasteiger partial charge is 0.483 e. The van der Waals surface area contributed by atoms with Crippen molar-refractivity contribution < 1.29 is 13.3 Å².